The number of pyridine rings is 1. The number of anilines is 2. The summed E-state index contributed by atoms with van der Waals surface area (Å²) in [6.07, 6.45) is 5.87. The predicted octanol–water partition coefficient (Wildman–Crippen LogP) is 2.88. The number of hydrogen-bond acceptors (Lipinski definition) is 5. The van der Waals surface area contributed by atoms with Gasteiger partial charge in [-0.2, -0.15) is 0 Å². The van der Waals surface area contributed by atoms with Crippen LogP contribution in [0.15, 0.2) is 36.7 Å². The second-order valence-electron chi connectivity index (χ2n) is 4.29. The second-order valence-corrected chi connectivity index (χ2v) is 4.29. The fourth-order valence-corrected chi connectivity index (χ4v) is 2.12. The van der Waals surface area contributed by atoms with Gasteiger partial charge in [0, 0.05) is 18.4 Å². The van der Waals surface area contributed by atoms with E-state index >= 15 is 0 Å². The minimum Gasteiger partial charge on any atom is -0.309 e. The van der Waals surface area contributed by atoms with E-state index in [1.807, 2.05) is 24.3 Å². The molecule has 0 spiro atoms. The Labute approximate surface area is 130 Å². The van der Waals surface area contributed by atoms with Crippen molar-refractivity contribution in [2.45, 2.75) is 18.9 Å². The molecule has 1 atom stereocenters. The molecule has 0 radical (unpaired) electrons. The Balaban J connectivity index is 0.000001000. The predicted molar refractivity (Wildman–Crippen MR) is 84.0 cm³/mol. The van der Waals surface area contributed by atoms with Gasteiger partial charge < -0.3 is 10.6 Å². The lowest BCUT2D eigenvalue weighted by Gasteiger charge is -2.10. The number of hydrogen-bond donors (Lipinski definition) is 2. The zero-order valence-corrected chi connectivity index (χ0v) is 12.5. The summed E-state index contributed by atoms with van der Waals surface area (Å²) in [6, 6.07) is 8.02. The van der Waals surface area contributed by atoms with Gasteiger partial charge in [-0.15, -0.1) is 24.8 Å². The fraction of sp³-hybridized carbons (Fsp3) is 0.308. The highest BCUT2D eigenvalue weighted by Crippen LogP contribution is 2.21. The van der Waals surface area contributed by atoms with Crippen molar-refractivity contribution >= 4 is 36.6 Å². The molecule has 1 aliphatic rings. The molecule has 3 rings (SSSR count). The van der Waals surface area contributed by atoms with Gasteiger partial charge in [0.25, 0.3) is 0 Å². The van der Waals surface area contributed by atoms with Crippen molar-refractivity contribution in [1.82, 2.24) is 20.3 Å². The van der Waals surface area contributed by atoms with Crippen molar-refractivity contribution in [3.63, 3.8) is 0 Å². The van der Waals surface area contributed by atoms with Crippen LogP contribution in [-0.4, -0.2) is 21.5 Å². The largest absolute Gasteiger partial charge is 0.309 e. The van der Waals surface area contributed by atoms with Gasteiger partial charge in [-0.05, 0) is 37.6 Å². The maximum atomic E-state index is 4.53. The SMILES string of the molecule is Cl.Cl.c1ccc(Nc2nccc(C3CCCN3)n2)nc1. The molecule has 2 N–H and O–H groups in total. The molecule has 20 heavy (non-hydrogen) atoms. The van der Waals surface area contributed by atoms with Crippen LogP contribution < -0.4 is 10.6 Å². The van der Waals surface area contributed by atoms with Crippen LogP contribution >= 0.6 is 24.8 Å². The van der Waals surface area contributed by atoms with E-state index < -0.39 is 0 Å². The van der Waals surface area contributed by atoms with E-state index in [0.717, 1.165) is 24.5 Å². The highest BCUT2D eigenvalue weighted by atomic mass is 35.5. The maximum Gasteiger partial charge on any atom is 0.228 e. The van der Waals surface area contributed by atoms with Crippen molar-refractivity contribution < 1.29 is 0 Å². The Bertz CT molecular complexity index is 517. The molecule has 1 unspecified atom stereocenters. The Morgan fingerprint density at radius 3 is 2.70 bits per heavy atom. The number of nitrogens with zero attached hydrogens (tertiary/aromatic N) is 3. The Hall–Kier alpha value is -1.43. The van der Waals surface area contributed by atoms with Gasteiger partial charge in [0.15, 0.2) is 0 Å². The summed E-state index contributed by atoms with van der Waals surface area (Å²) in [6.45, 7) is 1.07. The monoisotopic (exact) mass is 313 g/mol. The van der Waals surface area contributed by atoms with Gasteiger partial charge in [0.1, 0.15) is 5.82 Å². The summed E-state index contributed by atoms with van der Waals surface area (Å²) >= 11 is 0. The van der Waals surface area contributed by atoms with Gasteiger partial charge in [-0.3, -0.25) is 0 Å². The van der Waals surface area contributed by atoms with Crippen molar-refractivity contribution in [1.29, 1.82) is 0 Å². The van der Waals surface area contributed by atoms with Crippen molar-refractivity contribution in [2.24, 2.45) is 0 Å². The molecule has 1 aliphatic heterocycles. The third-order valence-electron chi connectivity index (χ3n) is 3.00. The third-order valence-corrected chi connectivity index (χ3v) is 3.00. The number of nitrogens with one attached hydrogen (secondary N) is 2. The molecular formula is C13H17Cl2N5. The average molecular weight is 314 g/mol. The lowest BCUT2D eigenvalue weighted by molar-refractivity contribution is 0.626. The van der Waals surface area contributed by atoms with Crippen LogP contribution in [0.5, 0.6) is 0 Å². The maximum absolute atomic E-state index is 4.53. The molecule has 0 aromatic carbocycles. The van der Waals surface area contributed by atoms with E-state index in [0.29, 0.717) is 12.0 Å². The number of aromatic nitrogens is 3. The van der Waals surface area contributed by atoms with Gasteiger partial charge >= 0.3 is 0 Å². The lowest BCUT2D eigenvalue weighted by Crippen LogP contribution is -2.15. The van der Waals surface area contributed by atoms with E-state index in [2.05, 4.69) is 25.6 Å². The molecule has 0 bridgehead atoms. The Morgan fingerprint density at radius 1 is 1.10 bits per heavy atom. The van der Waals surface area contributed by atoms with Gasteiger partial charge in [0.2, 0.25) is 5.95 Å². The van der Waals surface area contributed by atoms with Crippen LogP contribution in [0.3, 0.4) is 0 Å². The smallest absolute Gasteiger partial charge is 0.228 e. The Kier molecular flexibility index (Phi) is 6.64. The zero-order valence-electron chi connectivity index (χ0n) is 10.8. The summed E-state index contributed by atoms with van der Waals surface area (Å²) in [4.78, 5) is 12.9. The summed E-state index contributed by atoms with van der Waals surface area (Å²) in [5.41, 5.74) is 1.04. The van der Waals surface area contributed by atoms with Crippen molar-refractivity contribution in [3.05, 3.63) is 42.4 Å². The first kappa shape index (κ1) is 16.6. The first-order valence-corrected chi connectivity index (χ1v) is 6.16. The van der Waals surface area contributed by atoms with Crippen LogP contribution in [-0.2, 0) is 0 Å². The molecule has 1 fully saturated rings. The molecule has 2 aromatic heterocycles. The Morgan fingerprint density at radius 2 is 2.00 bits per heavy atom. The van der Waals surface area contributed by atoms with Gasteiger partial charge in [0.05, 0.1) is 5.69 Å². The molecule has 0 saturated carbocycles. The van der Waals surface area contributed by atoms with Crippen LogP contribution in [0, 0.1) is 0 Å². The van der Waals surface area contributed by atoms with Crippen LogP contribution in [0.25, 0.3) is 0 Å². The van der Waals surface area contributed by atoms with Crippen molar-refractivity contribution in [2.75, 3.05) is 11.9 Å². The molecule has 2 aromatic rings. The van der Waals surface area contributed by atoms with Crippen LogP contribution in [0.1, 0.15) is 24.6 Å². The highest BCUT2D eigenvalue weighted by molar-refractivity contribution is 5.85. The third kappa shape index (κ3) is 4.03. The molecule has 1 saturated heterocycles. The van der Waals surface area contributed by atoms with E-state index in [1.165, 1.54) is 6.42 Å². The van der Waals surface area contributed by atoms with Crippen molar-refractivity contribution in [3.8, 4) is 0 Å². The van der Waals surface area contributed by atoms with Gasteiger partial charge in [-0.25, -0.2) is 15.0 Å². The van der Waals surface area contributed by atoms with Crippen LogP contribution in [0.4, 0.5) is 11.8 Å². The molecule has 0 amide bonds. The first-order valence-electron chi connectivity index (χ1n) is 6.16. The van der Waals surface area contributed by atoms with E-state index in [-0.39, 0.29) is 24.8 Å². The second kappa shape index (κ2) is 7.99. The van der Waals surface area contributed by atoms with Crippen LogP contribution in [0.2, 0.25) is 0 Å². The topological polar surface area (TPSA) is 62.7 Å². The summed E-state index contributed by atoms with van der Waals surface area (Å²) in [7, 11) is 0. The lowest BCUT2D eigenvalue weighted by atomic mass is 10.1. The standard InChI is InChI=1S/C13H15N5.2ClH/c1-2-7-15-12(5-1)18-13-16-9-6-11(17-13)10-4-3-8-14-10;;/h1-2,5-7,9-10,14H,3-4,8H2,(H,15,16,17,18);2*1H. The van der Waals surface area contributed by atoms with Gasteiger partial charge in [-0.1, -0.05) is 6.07 Å². The number of halogens is 2. The van der Waals surface area contributed by atoms with E-state index in [9.17, 15) is 0 Å². The quantitative estimate of drug-likeness (QED) is 0.912. The average Bonchev–Trinajstić information content (AvgIpc) is 2.94. The molecule has 7 heteroatoms. The zero-order chi connectivity index (χ0) is 12.2. The first-order chi connectivity index (χ1) is 8.92. The molecule has 3 heterocycles. The minimum atomic E-state index is 0. The summed E-state index contributed by atoms with van der Waals surface area (Å²) < 4.78 is 0. The normalized spacial score (nSPS) is 16.9. The fourth-order valence-electron chi connectivity index (χ4n) is 2.12. The molecule has 5 nitrogen and oxygen atoms in total. The number of rotatable bonds is 3. The minimum absolute atomic E-state index is 0. The summed E-state index contributed by atoms with van der Waals surface area (Å²) in [5, 5.41) is 6.54. The molecular weight excluding hydrogens is 297 g/mol. The molecule has 0 aliphatic carbocycles. The van der Waals surface area contributed by atoms with E-state index in [4.69, 9.17) is 0 Å². The highest BCUT2D eigenvalue weighted by Gasteiger charge is 2.17. The summed E-state index contributed by atoms with van der Waals surface area (Å²) in [5.74, 6) is 1.36. The van der Waals surface area contributed by atoms with E-state index in [1.54, 1.807) is 12.4 Å². The molecule has 108 valence electrons.